The molecule has 7 heteroatoms. The smallest absolute Gasteiger partial charge is 0.291 e. The topological polar surface area (TPSA) is 69.0 Å². The third-order valence-electron chi connectivity index (χ3n) is 6.54. The van der Waals surface area contributed by atoms with E-state index in [1.165, 1.54) is 0 Å². The lowest BCUT2D eigenvalue weighted by atomic mass is 9.98. The standard InChI is InChI=1S/C27H28ClNO5/c1-2-3-4-12-32-19-8-5-7-17(14-19)24-23-25(30)21-15-18(28)10-11-22(21)34-26(23)27(31)29(24)16-20-9-6-13-33-20/h5,7-8,10-11,14-15,20,24H,2-4,6,9,12-13,16H2,1H3. The van der Waals surface area contributed by atoms with Crippen molar-refractivity contribution in [2.75, 3.05) is 19.8 Å². The van der Waals surface area contributed by atoms with Crippen LogP contribution in [0.15, 0.2) is 51.7 Å². The van der Waals surface area contributed by atoms with Crippen LogP contribution in [0.2, 0.25) is 5.02 Å². The molecule has 1 amide bonds. The number of hydrogen-bond donors (Lipinski definition) is 0. The van der Waals surface area contributed by atoms with Gasteiger partial charge < -0.3 is 18.8 Å². The van der Waals surface area contributed by atoms with Gasteiger partial charge in [-0.15, -0.1) is 0 Å². The van der Waals surface area contributed by atoms with Gasteiger partial charge >= 0.3 is 0 Å². The summed E-state index contributed by atoms with van der Waals surface area (Å²) in [7, 11) is 0. The number of benzene rings is 2. The molecule has 2 unspecified atom stereocenters. The van der Waals surface area contributed by atoms with Crippen molar-refractivity contribution in [2.24, 2.45) is 0 Å². The summed E-state index contributed by atoms with van der Waals surface area (Å²) in [5.41, 5.74) is 1.28. The van der Waals surface area contributed by atoms with Crippen molar-refractivity contribution in [2.45, 2.75) is 51.2 Å². The summed E-state index contributed by atoms with van der Waals surface area (Å²) in [6.45, 7) is 3.86. The molecule has 1 aromatic heterocycles. The van der Waals surface area contributed by atoms with Gasteiger partial charge in [0.2, 0.25) is 5.76 Å². The first-order valence-corrected chi connectivity index (χ1v) is 12.4. The summed E-state index contributed by atoms with van der Waals surface area (Å²) in [5.74, 6) is 0.524. The Kier molecular flexibility index (Phi) is 6.61. The second kappa shape index (κ2) is 9.80. The fourth-order valence-corrected chi connectivity index (χ4v) is 5.02. The Morgan fingerprint density at radius 3 is 2.82 bits per heavy atom. The normalized spacial score (nSPS) is 19.7. The molecule has 6 nitrogen and oxygen atoms in total. The molecule has 0 N–H and O–H groups in total. The molecule has 178 valence electrons. The van der Waals surface area contributed by atoms with E-state index in [9.17, 15) is 9.59 Å². The third-order valence-corrected chi connectivity index (χ3v) is 6.78. The Morgan fingerprint density at radius 2 is 2.03 bits per heavy atom. The van der Waals surface area contributed by atoms with Crippen LogP contribution in [0, 0.1) is 0 Å². The highest BCUT2D eigenvalue weighted by Gasteiger charge is 2.44. The largest absolute Gasteiger partial charge is 0.494 e. The summed E-state index contributed by atoms with van der Waals surface area (Å²) in [6, 6.07) is 12.0. The fourth-order valence-electron chi connectivity index (χ4n) is 4.85. The SMILES string of the molecule is CCCCCOc1cccc(C2c3c(oc4ccc(Cl)cc4c3=O)C(=O)N2CC2CCCO2)c1. The molecule has 3 heterocycles. The van der Waals surface area contributed by atoms with Crippen molar-refractivity contribution in [1.29, 1.82) is 0 Å². The molecule has 34 heavy (non-hydrogen) atoms. The summed E-state index contributed by atoms with van der Waals surface area (Å²) < 4.78 is 17.8. The van der Waals surface area contributed by atoms with Crippen LogP contribution in [0.1, 0.15) is 66.8 Å². The minimum Gasteiger partial charge on any atom is -0.494 e. The van der Waals surface area contributed by atoms with E-state index in [1.807, 2.05) is 24.3 Å². The summed E-state index contributed by atoms with van der Waals surface area (Å²) in [4.78, 5) is 28.9. The Morgan fingerprint density at radius 1 is 1.15 bits per heavy atom. The maximum atomic E-state index is 13.7. The van der Waals surface area contributed by atoms with Gasteiger partial charge in [0.05, 0.1) is 29.7 Å². The van der Waals surface area contributed by atoms with Crippen molar-refractivity contribution in [3.05, 3.63) is 74.6 Å². The van der Waals surface area contributed by atoms with Gasteiger partial charge in [-0.2, -0.15) is 0 Å². The molecule has 0 aliphatic carbocycles. The fraction of sp³-hybridized carbons (Fsp3) is 0.407. The molecule has 1 saturated heterocycles. The van der Waals surface area contributed by atoms with Crippen LogP contribution in [0.4, 0.5) is 0 Å². The number of halogens is 1. The second-order valence-corrected chi connectivity index (χ2v) is 9.37. The van der Waals surface area contributed by atoms with Crippen molar-refractivity contribution in [3.63, 3.8) is 0 Å². The maximum Gasteiger partial charge on any atom is 0.291 e. The zero-order chi connectivity index (χ0) is 23.7. The van der Waals surface area contributed by atoms with Crippen LogP contribution in [-0.2, 0) is 4.74 Å². The van der Waals surface area contributed by atoms with Crippen molar-refractivity contribution >= 4 is 28.5 Å². The quantitative estimate of drug-likeness (QED) is 0.384. The van der Waals surface area contributed by atoms with E-state index in [4.69, 9.17) is 25.5 Å². The highest BCUT2D eigenvalue weighted by Crippen LogP contribution is 2.40. The predicted molar refractivity (Wildman–Crippen MR) is 131 cm³/mol. The van der Waals surface area contributed by atoms with E-state index < -0.39 is 6.04 Å². The Hall–Kier alpha value is -2.83. The summed E-state index contributed by atoms with van der Waals surface area (Å²) >= 11 is 6.17. The van der Waals surface area contributed by atoms with Gasteiger partial charge in [0.25, 0.3) is 5.91 Å². The number of amides is 1. The monoisotopic (exact) mass is 481 g/mol. The first-order chi connectivity index (χ1) is 16.6. The van der Waals surface area contributed by atoms with Crippen molar-refractivity contribution in [3.8, 4) is 5.75 Å². The zero-order valence-electron chi connectivity index (χ0n) is 19.2. The van der Waals surface area contributed by atoms with E-state index in [1.54, 1.807) is 23.1 Å². The first kappa shape index (κ1) is 22.9. The van der Waals surface area contributed by atoms with Gasteiger partial charge in [-0.3, -0.25) is 9.59 Å². The summed E-state index contributed by atoms with van der Waals surface area (Å²) in [5, 5.41) is 0.814. The molecule has 1 fully saturated rings. The minimum atomic E-state index is -0.578. The Bertz CT molecular complexity index is 1260. The Balaban J connectivity index is 1.58. The maximum absolute atomic E-state index is 13.7. The molecule has 2 atom stereocenters. The van der Waals surface area contributed by atoms with Gasteiger partial charge in [0.15, 0.2) is 5.43 Å². The molecule has 0 saturated carbocycles. The number of rotatable bonds is 8. The number of carbonyl (C=O) groups is 1. The number of hydrogen-bond acceptors (Lipinski definition) is 5. The van der Waals surface area contributed by atoms with Crippen LogP contribution < -0.4 is 10.2 Å². The molecule has 2 aromatic carbocycles. The first-order valence-electron chi connectivity index (χ1n) is 12.0. The van der Waals surface area contributed by atoms with Crippen LogP contribution >= 0.6 is 11.6 Å². The third kappa shape index (κ3) is 4.32. The zero-order valence-corrected chi connectivity index (χ0v) is 20.0. The van der Waals surface area contributed by atoms with Crippen LogP contribution in [0.5, 0.6) is 5.75 Å². The van der Waals surface area contributed by atoms with Crippen LogP contribution in [0.3, 0.4) is 0 Å². The molecule has 2 aliphatic heterocycles. The molecular weight excluding hydrogens is 454 g/mol. The minimum absolute atomic E-state index is 0.0619. The lowest BCUT2D eigenvalue weighted by molar-refractivity contribution is 0.0486. The highest BCUT2D eigenvalue weighted by atomic mass is 35.5. The van der Waals surface area contributed by atoms with Gasteiger partial charge in [0, 0.05) is 18.2 Å². The lowest BCUT2D eigenvalue weighted by Crippen LogP contribution is -2.36. The van der Waals surface area contributed by atoms with E-state index >= 15 is 0 Å². The number of fused-ring (bicyclic) bond motifs is 2. The predicted octanol–water partition coefficient (Wildman–Crippen LogP) is 5.74. The molecule has 2 aliphatic rings. The second-order valence-electron chi connectivity index (χ2n) is 8.94. The Labute approximate surface area is 203 Å². The van der Waals surface area contributed by atoms with E-state index in [0.29, 0.717) is 41.3 Å². The highest BCUT2D eigenvalue weighted by molar-refractivity contribution is 6.31. The van der Waals surface area contributed by atoms with Gasteiger partial charge in [0.1, 0.15) is 11.3 Å². The van der Waals surface area contributed by atoms with Crippen molar-refractivity contribution in [1.82, 2.24) is 4.90 Å². The number of ether oxygens (including phenoxy) is 2. The molecule has 0 spiro atoms. The molecule has 0 radical (unpaired) electrons. The van der Waals surface area contributed by atoms with Crippen LogP contribution in [-0.4, -0.2) is 36.7 Å². The average Bonchev–Trinajstić information content (AvgIpc) is 3.45. The molecular formula is C27H28ClNO5. The van der Waals surface area contributed by atoms with Gasteiger partial charge in [-0.1, -0.05) is 43.5 Å². The lowest BCUT2D eigenvalue weighted by Gasteiger charge is -2.27. The summed E-state index contributed by atoms with van der Waals surface area (Å²) in [6.07, 6.45) is 4.99. The average molecular weight is 482 g/mol. The number of nitrogens with zero attached hydrogens (tertiary/aromatic N) is 1. The van der Waals surface area contributed by atoms with Crippen molar-refractivity contribution < 1.29 is 18.7 Å². The molecule has 5 rings (SSSR count). The number of unbranched alkanes of at least 4 members (excludes halogenated alkanes) is 2. The van der Waals surface area contributed by atoms with Crippen LogP contribution in [0.25, 0.3) is 11.0 Å². The molecule has 0 bridgehead atoms. The van der Waals surface area contributed by atoms with E-state index in [-0.39, 0.29) is 23.2 Å². The van der Waals surface area contributed by atoms with Gasteiger partial charge in [-0.25, -0.2) is 0 Å². The van der Waals surface area contributed by atoms with E-state index in [0.717, 1.165) is 43.4 Å². The molecule has 3 aromatic rings. The number of carbonyl (C=O) groups excluding carboxylic acids is 1. The van der Waals surface area contributed by atoms with E-state index in [2.05, 4.69) is 6.92 Å². The van der Waals surface area contributed by atoms with Gasteiger partial charge in [-0.05, 0) is 55.2 Å².